The highest BCUT2D eigenvalue weighted by Gasteiger charge is 2.08. The summed E-state index contributed by atoms with van der Waals surface area (Å²) in [4.78, 5) is 7.80. The van der Waals surface area contributed by atoms with Crippen LogP contribution in [0.3, 0.4) is 0 Å². The Hall–Kier alpha value is -1.76. The first kappa shape index (κ1) is 13.7. The van der Waals surface area contributed by atoms with E-state index in [1.54, 1.807) is 30.5 Å². The van der Waals surface area contributed by atoms with Crippen LogP contribution in [-0.2, 0) is 11.1 Å². The first-order valence-corrected chi connectivity index (χ1v) is 6.67. The van der Waals surface area contributed by atoms with Crippen LogP contribution < -0.4 is 5.73 Å². The minimum atomic E-state index is -2.42. The fraction of sp³-hybridized carbons (Fsp3) is 0. The zero-order chi connectivity index (χ0) is 13.8. The largest absolute Gasteiger partial charge is 0.768 e. The molecule has 1 aromatic carbocycles. The summed E-state index contributed by atoms with van der Waals surface area (Å²) in [5.41, 5.74) is 6.76. The zero-order valence-corrected chi connectivity index (χ0v) is 11.2. The maximum absolute atomic E-state index is 11.2. The molecule has 0 saturated heterocycles. The Morgan fingerprint density at radius 3 is 2.84 bits per heavy atom. The molecule has 0 spiro atoms. The summed E-state index contributed by atoms with van der Waals surface area (Å²) in [7, 11) is 0. The summed E-state index contributed by atoms with van der Waals surface area (Å²) in [6.45, 7) is 0. The Balaban J connectivity index is 2.59. The molecular formula is C12H9ClN3O2S-. The van der Waals surface area contributed by atoms with Gasteiger partial charge in [-0.3, -0.25) is 4.21 Å². The van der Waals surface area contributed by atoms with Gasteiger partial charge in [0.2, 0.25) is 0 Å². The summed E-state index contributed by atoms with van der Waals surface area (Å²) >= 11 is 3.56. The van der Waals surface area contributed by atoms with Crippen LogP contribution >= 0.6 is 11.6 Å². The van der Waals surface area contributed by atoms with E-state index in [4.69, 9.17) is 17.3 Å². The average Bonchev–Trinajstić information content (AvgIpc) is 2.40. The molecule has 0 amide bonds. The van der Waals surface area contributed by atoms with Gasteiger partial charge in [-0.2, -0.15) is 0 Å². The van der Waals surface area contributed by atoms with Gasteiger partial charge in [-0.05, 0) is 40.9 Å². The number of benzene rings is 1. The van der Waals surface area contributed by atoms with Crippen molar-refractivity contribution in [3.63, 3.8) is 0 Å². The van der Waals surface area contributed by atoms with Gasteiger partial charge in [0.15, 0.2) is 0 Å². The van der Waals surface area contributed by atoms with Gasteiger partial charge in [-0.15, -0.1) is 0 Å². The maximum Gasteiger partial charge on any atom is 0.136 e. The second kappa shape index (κ2) is 5.92. The Kier molecular flexibility index (Phi) is 4.26. The normalized spacial score (nSPS) is 12.7. The number of aliphatic imine (C=N–C) groups is 1. The standard InChI is InChI=1S/C12H10ClN3O2S/c13-12-9(2-1-5-15-12)8-3-4-10(16-7-14)11(6-8)19(17)18/h1-7H,(H2,14,16)(H,17,18)/p-1. The molecule has 0 bridgehead atoms. The Labute approximate surface area is 117 Å². The van der Waals surface area contributed by atoms with Crippen molar-refractivity contribution in [2.45, 2.75) is 4.90 Å². The highest BCUT2D eigenvalue weighted by atomic mass is 35.5. The number of halogens is 1. The molecule has 1 heterocycles. The molecule has 98 valence electrons. The van der Waals surface area contributed by atoms with E-state index in [0.717, 1.165) is 6.34 Å². The van der Waals surface area contributed by atoms with E-state index < -0.39 is 11.1 Å². The number of hydrogen-bond acceptors (Lipinski definition) is 4. The van der Waals surface area contributed by atoms with Gasteiger partial charge in [-0.1, -0.05) is 17.7 Å². The van der Waals surface area contributed by atoms with Crippen molar-refractivity contribution >= 4 is 34.7 Å². The van der Waals surface area contributed by atoms with Crippen LogP contribution in [0.1, 0.15) is 0 Å². The molecule has 0 aliphatic rings. The fourth-order valence-electron chi connectivity index (χ4n) is 1.60. The number of rotatable bonds is 3. The van der Waals surface area contributed by atoms with Crippen molar-refractivity contribution < 1.29 is 8.76 Å². The SMILES string of the molecule is NC=Nc1ccc(-c2cccnc2Cl)cc1S(=O)[O-]. The second-order valence-electron chi connectivity index (χ2n) is 3.54. The molecule has 5 nitrogen and oxygen atoms in total. The van der Waals surface area contributed by atoms with Crippen LogP contribution in [0, 0.1) is 0 Å². The first-order chi connectivity index (χ1) is 9.13. The molecule has 0 fully saturated rings. The van der Waals surface area contributed by atoms with Crippen LogP contribution in [0.4, 0.5) is 5.69 Å². The third-order valence-corrected chi connectivity index (χ3v) is 3.41. The molecule has 0 radical (unpaired) electrons. The van der Waals surface area contributed by atoms with Crippen molar-refractivity contribution in [2.24, 2.45) is 10.7 Å². The molecule has 7 heteroatoms. The smallest absolute Gasteiger partial charge is 0.136 e. The van der Waals surface area contributed by atoms with E-state index in [9.17, 15) is 8.76 Å². The molecular weight excluding hydrogens is 286 g/mol. The molecule has 0 aliphatic carbocycles. The number of nitrogens with two attached hydrogens (primary N) is 1. The van der Waals surface area contributed by atoms with E-state index in [2.05, 4.69) is 9.98 Å². The lowest BCUT2D eigenvalue weighted by Crippen LogP contribution is -1.93. The highest BCUT2D eigenvalue weighted by Crippen LogP contribution is 2.31. The molecule has 2 aromatic rings. The van der Waals surface area contributed by atoms with E-state index in [-0.39, 0.29) is 10.6 Å². The van der Waals surface area contributed by atoms with E-state index in [1.165, 1.54) is 6.07 Å². The third kappa shape index (κ3) is 2.98. The number of hydrogen-bond donors (Lipinski definition) is 1. The van der Waals surface area contributed by atoms with Crippen LogP contribution in [0.2, 0.25) is 5.15 Å². The molecule has 1 unspecified atom stereocenters. The molecule has 1 aromatic heterocycles. The Bertz CT molecular complexity index is 661. The second-order valence-corrected chi connectivity index (χ2v) is 4.80. The van der Waals surface area contributed by atoms with Gasteiger partial charge < -0.3 is 10.3 Å². The predicted molar refractivity (Wildman–Crippen MR) is 74.2 cm³/mol. The van der Waals surface area contributed by atoms with Crippen LogP contribution in [0.5, 0.6) is 0 Å². The Morgan fingerprint density at radius 1 is 1.42 bits per heavy atom. The van der Waals surface area contributed by atoms with Gasteiger partial charge in [0.1, 0.15) is 5.15 Å². The lowest BCUT2D eigenvalue weighted by atomic mass is 10.1. The van der Waals surface area contributed by atoms with Gasteiger partial charge >= 0.3 is 0 Å². The molecule has 2 rings (SSSR count). The van der Waals surface area contributed by atoms with Crippen LogP contribution in [0.25, 0.3) is 11.1 Å². The monoisotopic (exact) mass is 294 g/mol. The minimum absolute atomic E-state index is 0.0547. The number of pyridine rings is 1. The minimum Gasteiger partial charge on any atom is -0.768 e. The van der Waals surface area contributed by atoms with Crippen molar-refractivity contribution in [1.29, 1.82) is 0 Å². The topological polar surface area (TPSA) is 91.4 Å². The first-order valence-electron chi connectivity index (χ1n) is 5.22. The fourth-order valence-corrected chi connectivity index (χ4v) is 2.35. The van der Waals surface area contributed by atoms with Gasteiger partial charge in [0, 0.05) is 11.8 Å². The van der Waals surface area contributed by atoms with E-state index >= 15 is 0 Å². The van der Waals surface area contributed by atoms with Gasteiger partial charge in [-0.25, -0.2) is 9.98 Å². The van der Waals surface area contributed by atoms with Crippen molar-refractivity contribution in [1.82, 2.24) is 4.98 Å². The summed E-state index contributed by atoms with van der Waals surface area (Å²) in [6.07, 6.45) is 2.61. The van der Waals surface area contributed by atoms with Crippen molar-refractivity contribution in [3.8, 4) is 11.1 Å². The predicted octanol–water partition coefficient (Wildman–Crippen LogP) is 2.26. The molecule has 1 atom stereocenters. The van der Waals surface area contributed by atoms with Crippen LogP contribution in [0.15, 0.2) is 46.4 Å². The molecule has 19 heavy (non-hydrogen) atoms. The summed E-state index contributed by atoms with van der Waals surface area (Å²) in [5, 5.41) is 0.306. The molecule has 0 saturated carbocycles. The summed E-state index contributed by atoms with van der Waals surface area (Å²) in [6, 6.07) is 8.23. The molecule has 0 aliphatic heterocycles. The lowest BCUT2D eigenvalue weighted by molar-refractivity contribution is 0.537. The van der Waals surface area contributed by atoms with E-state index in [1.807, 2.05) is 0 Å². The lowest BCUT2D eigenvalue weighted by Gasteiger charge is -2.11. The Morgan fingerprint density at radius 2 is 2.21 bits per heavy atom. The van der Waals surface area contributed by atoms with Crippen molar-refractivity contribution in [3.05, 3.63) is 41.7 Å². The third-order valence-electron chi connectivity index (χ3n) is 2.42. The van der Waals surface area contributed by atoms with Gasteiger partial charge in [0.25, 0.3) is 0 Å². The average molecular weight is 295 g/mol. The summed E-state index contributed by atoms with van der Waals surface area (Å²) in [5.74, 6) is 0. The van der Waals surface area contributed by atoms with E-state index in [0.29, 0.717) is 16.3 Å². The van der Waals surface area contributed by atoms with Crippen LogP contribution in [-0.4, -0.2) is 20.1 Å². The maximum atomic E-state index is 11.2. The summed E-state index contributed by atoms with van der Waals surface area (Å²) < 4.78 is 22.4. The number of nitrogens with zero attached hydrogens (tertiary/aromatic N) is 2. The highest BCUT2D eigenvalue weighted by molar-refractivity contribution is 7.79. The van der Waals surface area contributed by atoms with Gasteiger partial charge in [0.05, 0.1) is 16.9 Å². The van der Waals surface area contributed by atoms with Crippen molar-refractivity contribution in [2.75, 3.05) is 0 Å². The zero-order valence-electron chi connectivity index (χ0n) is 9.62. The number of aromatic nitrogens is 1. The quantitative estimate of drug-likeness (QED) is 0.407. The molecule has 2 N–H and O–H groups in total.